The molecule has 70 valence electrons. The summed E-state index contributed by atoms with van der Waals surface area (Å²) in [6.07, 6.45) is 3.09. The van der Waals surface area contributed by atoms with Gasteiger partial charge in [0, 0.05) is 0 Å². The Hall–Kier alpha value is -1.00. The summed E-state index contributed by atoms with van der Waals surface area (Å²) in [6, 6.07) is 5.61. The van der Waals surface area contributed by atoms with Gasteiger partial charge < -0.3 is 0 Å². The van der Waals surface area contributed by atoms with Crippen molar-refractivity contribution in [2.45, 2.75) is 0 Å². The van der Waals surface area contributed by atoms with Crippen molar-refractivity contribution in [2.24, 2.45) is 0 Å². The smallest absolute Gasteiger partial charge is 0.147 e. The first-order valence-corrected chi connectivity index (χ1v) is 5.03. The molecule has 0 saturated carbocycles. The molecule has 0 radical (unpaired) electrons. The van der Waals surface area contributed by atoms with Crippen LogP contribution in [0.25, 0.3) is 11.4 Å². The van der Waals surface area contributed by atoms with Crippen LogP contribution in [0.4, 0.5) is 0 Å². The summed E-state index contributed by atoms with van der Waals surface area (Å²) in [7, 11) is 0. The van der Waals surface area contributed by atoms with Crippen molar-refractivity contribution in [3.05, 3.63) is 40.3 Å². The average Bonchev–Trinajstić information content (AvgIpc) is 2.19. The number of nitrogens with zero attached hydrogens (tertiary/aromatic N) is 3. The van der Waals surface area contributed by atoms with Crippen LogP contribution in [0, 0.1) is 0 Å². The molecule has 0 aliphatic heterocycles. The summed E-state index contributed by atoms with van der Waals surface area (Å²) in [4.78, 5) is 12.3. The monoisotopic (exact) mass is 269 g/mol. The minimum absolute atomic E-state index is 0.378. The maximum atomic E-state index is 5.63. The third kappa shape index (κ3) is 2.08. The second-order valence-corrected chi connectivity index (χ2v) is 3.77. The number of aromatic nitrogens is 3. The van der Waals surface area contributed by atoms with Crippen LogP contribution in [0.15, 0.2) is 35.2 Å². The molecule has 2 rings (SSSR count). The molecule has 0 fully saturated rings. The highest BCUT2D eigenvalue weighted by Gasteiger charge is 2.01. The van der Waals surface area contributed by atoms with E-state index in [0.717, 1.165) is 10.3 Å². The van der Waals surface area contributed by atoms with Gasteiger partial charge in [0.05, 0.1) is 18.1 Å². The van der Waals surface area contributed by atoms with Gasteiger partial charge in [0.15, 0.2) is 0 Å². The van der Waals surface area contributed by atoms with Crippen molar-refractivity contribution in [1.29, 1.82) is 0 Å². The Balaban J connectivity index is 2.44. The molecule has 3 nitrogen and oxygen atoms in total. The van der Waals surface area contributed by atoms with Crippen LogP contribution in [0.1, 0.15) is 0 Å². The van der Waals surface area contributed by atoms with Crippen LogP contribution in [0.5, 0.6) is 0 Å². The normalized spacial score (nSPS) is 10.1. The van der Waals surface area contributed by atoms with E-state index in [0.29, 0.717) is 10.8 Å². The van der Waals surface area contributed by atoms with Gasteiger partial charge in [-0.2, -0.15) is 0 Å². The molecule has 0 atom stereocenters. The second-order valence-electron chi connectivity index (χ2n) is 2.57. The van der Waals surface area contributed by atoms with Gasteiger partial charge in [-0.25, -0.2) is 15.0 Å². The molecule has 0 unspecified atom stereocenters. The predicted octanol–water partition coefficient (Wildman–Crippen LogP) is 2.95. The van der Waals surface area contributed by atoms with Crippen molar-refractivity contribution in [2.75, 3.05) is 0 Å². The van der Waals surface area contributed by atoms with Crippen LogP contribution < -0.4 is 0 Å². The lowest BCUT2D eigenvalue weighted by Gasteiger charge is -1.99. The van der Waals surface area contributed by atoms with Crippen LogP contribution >= 0.6 is 27.5 Å². The van der Waals surface area contributed by atoms with Crippen LogP contribution in [0.2, 0.25) is 5.15 Å². The molecule has 0 aliphatic carbocycles. The second kappa shape index (κ2) is 4.02. The van der Waals surface area contributed by atoms with Crippen LogP contribution in [-0.4, -0.2) is 15.0 Å². The molecular weight excluding hydrogens is 265 g/mol. The van der Waals surface area contributed by atoms with E-state index in [-0.39, 0.29) is 0 Å². The Kier molecular flexibility index (Phi) is 2.74. The van der Waals surface area contributed by atoms with Gasteiger partial charge in [-0.1, -0.05) is 17.7 Å². The van der Waals surface area contributed by atoms with E-state index in [1.165, 1.54) is 6.20 Å². The van der Waals surface area contributed by atoms with Gasteiger partial charge in [0.2, 0.25) is 0 Å². The summed E-state index contributed by atoms with van der Waals surface area (Å²) >= 11 is 8.92. The third-order valence-electron chi connectivity index (χ3n) is 1.60. The lowest BCUT2D eigenvalue weighted by molar-refractivity contribution is 1.17. The molecule has 2 aromatic rings. The fraction of sp³-hybridized carbons (Fsp3) is 0. The summed E-state index contributed by atoms with van der Waals surface area (Å²) in [6.45, 7) is 0. The fourth-order valence-corrected chi connectivity index (χ4v) is 1.44. The Bertz CT molecular complexity index is 444. The van der Waals surface area contributed by atoms with Gasteiger partial charge in [-0.05, 0) is 28.1 Å². The van der Waals surface area contributed by atoms with Crippen molar-refractivity contribution in [3.63, 3.8) is 0 Å². The van der Waals surface area contributed by atoms with E-state index in [9.17, 15) is 0 Å². The molecule has 2 aromatic heterocycles. The van der Waals surface area contributed by atoms with E-state index < -0.39 is 0 Å². The molecule has 0 saturated heterocycles. The SMILES string of the molecule is Clc1cnc(-c2cccc(Br)n2)cn1. The minimum atomic E-state index is 0.378. The largest absolute Gasteiger partial charge is 0.250 e. The Morgan fingerprint density at radius 1 is 1.07 bits per heavy atom. The number of rotatable bonds is 1. The lowest BCUT2D eigenvalue weighted by Crippen LogP contribution is -1.88. The van der Waals surface area contributed by atoms with Crippen molar-refractivity contribution >= 4 is 27.5 Å². The molecular formula is C9H5BrClN3. The zero-order chi connectivity index (χ0) is 9.97. The lowest BCUT2D eigenvalue weighted by atomic mass is 10.3. The standard InChI is InChI=1S/C9H5BrClN3/c10-8-3-1-2-6(14-8)7-4-13-9(11)5-12-7/h1-5H. The van der Waals surface area contributed by atoms with Gasteiger partial charge in [0.25, 0.3) is 0 Å². The quantitative estimate of drug-likeness (QED) is 0.748. The summed E-state index contributed by atoms with van der Waals surface area (Å²) in [5.74, 6) is 0. The average molecular weight is 271 g/mol. The topological polar surface area (TPSA) is 38.7 Å². The Morgan fingerprint density at radius 2 is 1.93 bits per heavy atom. The molecule has 0 N–H and O–H groups in total. The van der Waals surface area contributed by atoms with E-state index in [1.807, 2.05) is 18.2 Å². The summed E-state index contributed by atoms with van der Waals surface area (Å²) in [5, 5.41) is 0.378. The number of halogens is 2. The first-order valence-electron chi connectivity index (χ1n) is 3.86. The molecule has 14 heavy (non-hydrogen) atoms. The molecule has 0 aromatic carbocycles. The first kappa shape index (κ1) is 9.55. The zero-order valence-corrected chi connectivity index (χ0v) is 9.33. The van der Waals surface area contributed by atoms with E-state index in [2.05, 4.69) is 30.9 Å². The molecule has 5 heteroatoms. The Labute approximate surface area is 94.3 Å². The minimum Gasteiger partial charge on any atom is -0.250 e. The number of pyridine rings is 1. The van der Waals surface area contributed by atoms with Crippen LogP contribution in [-0.2, 0) is 0 Å². The maximum Gasteiger partial charge on any atom is 0.147 e. The van der Waals surface area contributed by atoms with E-state index >= 15 is 0 Å². The highest BCUT2D eigenvalue weighted by atomic mass is 79.9. The first-order chi connectivity index (χ1) is 6.75. The highest BCUT2D eigenvalue weighted by molar-refractivity contribution is 9.10. The van der Waals surface area contributed by atoms with Gasteiger partial charge in [-0.3, -0.25) is 0 Å². The van der Waals surface area contributed by atoms with E-state index in [1.54, 1.807) is 6.20 Å². The van der Waals surface area contributed by atoms with Crippen molar-refractivity contribution in [3.8, 4) is 11.4 Å². The predicted molar refractivity (Wildman–Crippen MR) is 58.0 cm³/mol. The molecule has 0 amide bonds. The summed E-state index contributed by atoms with van der Waals surface area (Å²) < 4.78 is 0.770. The number of hydrogen-bond acceptors (Lipinski definition) is 3. The van der Waals surface area contributed by atoms with Crippen molar-refractivity contribution in [1.82, 2.24) is 15.0 Å². The zero-order valence-electron chi connectivity index (χ0n) is 6.98. The highest BCUT2D eigenvalue weighted by Crippen LogP contribution is 2.16. The van der Waals surface area contributed by atoms with Gasteiger partial charge in [0.1, 0.15) is 15.5 Å². The molecule has 0 bridgehead atoms. The summed E-state index contributed by atoms with van der Waals surface area (Å²) in [5.41, 5.74) is 1.47. The van der Waals surface area contributed by atoms with Gasteiger partial charge >= 0.3 is 0 Å². The maximum absolute atomic E-state index is 5.63. The fourth-order valence-electron chi connectivity index (χ4n) is 0.995. The molecule has 0 spiro atoms. The third-order valence-corrected chi connectivity index (χ3v) is 2.23. The van der Waals surface area contributed by atoms with Crippen LogP contribution in [0.3, 0.4) is 0 Å². The number of hydrogen-bond donors (Lipinski definition) is 0. The van der Waals surface area contributed by atoms with Gasteiger partial charge in [-0.15, -0.1) is 0 Å². The molecule has 0 aliphatic rings. The Morgan fingerprint density at radius 3 is 2.57 bits per heavy atom. The van der Waals surface area contributed by atoms with E-state index in [4.69, 9.17) is 11.6 Å². The molecule has 2 heterocycles. The van der Waals surface area contributed by atoms with Crippen molar-refractivity contribution < 1.29 is 0 Å².